The van der Waals surface area contributed by atoms with Crippen LogP contribution in [-0.2, 0) is 0 Å². The third-order valence-electron chi connectivity index (χ3n) is 4.49. The maximum Gasteiger partial charge on any atom is -0.00329 e. The summed E-state index contributed by atoms with van der Waals surface area (Å²) < 4.78 is 0. The summed E-state index contributed by atoms with van der Waals surface area (Å²) in [5.74, 6) is 0. The standard InChI is InChI=1S/C19H18/c1-2-6-14(7-3-1)17-13-12-16-9-4-8-15-10-5-11-18(17)19(15)16/h4-5,8-13H,1-3,6-7H2. The van der Waals surface area contributed by atoms with E-state index in [-0.39, 0.29) is 0 Å². The van der Waals surface area contributed by atoms with Gasteiger partial charge in [-0.2, -0.15) is 0 Å². The van der Waals surface area contributed by atoms with Crippen LogP contribution in [-0.4, -0.2) is 0 Å². The minimum absolute atomic E-state index is 1.29. The number of benzene rings is 3. The maximum atomic E-state index is 2.34. The molecule has 0 atom stereocenters. The molecule has 0 nitrogen and oxygen atoms in total. The molecule has 1 saturated carbocycles. The zero-order chi connectivity index (χ0) is 12.7. The average molecular weight is 246 g/mol. The Morgan fingerprint density at radius 3 is 2.11 bits per heavy atom. The Kier molecular flexibility index (Phi) is 2.55. The van der Waals surface area contributed by atoms with Crippen LogP contribution < -0.4 is 5.22 Å². The van der Waals surface area contributed by atoms with Gasteiger partial charge < -0.3 is 0 Å². The molecular formula is C19H18. The highest BCUT2D eigenvalue weighted by atomic mass is 14.1. The third-order valence-corrected chi connectivity index (χ3v) is 4.49. The van der Waals surface area contributed by atoms with Gasteiger partial charge in [0.2, 0.25) is 0 Å². The van der Waals surface area contributed by atoms with Crippen LogP contribution in [0.1, 0.15) is 32.1 Å². The van der Waals surface area contributed by atoms with Crippen LogP contribution in [0.2, 0.25) is 0 Å². The summed E-state index contributed by atoms with van der Waals surface area (Å²) in [6.07, 6.45) is 6.71. The van der Waals surface area contributed by atoms with Crippen LogP contribution in [0.25, 0.3) is 27.1 Å². The van der Waals surface area contributed by atoms with Gasteiger partial charge in [0, 0.05) is 0 Å². The molecule has 0 unspecified atom stereocenters. The van der Waals surface area contributed by atoms with Crippen LogP contribution in [0.5, 0.6) is 0 Å². The Morgan fingerprint density at radius 1 is 0.632 bits per heavy atom. The fourth-order valence-electron chi connectivity index (χ4n) is 3.55. The Balaban J connectivity index is 2.16. The van der Waals surface area contributed by atoms with Crippen molar-refractivity contribution >= 4 is 27.1 Å². The minimum atomic E-state index is 1.29. The van der Waals surface area contributed by atoms with E-state index in [4.69, 9.17) is 0 Å². The highest BCUT2D eigenvalue weighted by molar-refractivity contribution is 6.10. The van der Waals surface area contributed by atoms with Gasteiger partial charge in [0.1, 0.15) is 0 Å². The predicted octanol–water partition coefficient (Wildman–Crippen LogP) is 4.83. The first-order chi connectivity index (χ1) is 9.43. The molecule has 1 fully saturated rings. The highest BCUT2D eigenvalue weighted by Crippen LogP contribution is 2.27. The van der Waals surface area contributed by atoms with Crippen molar-refractivity contribution < 1.29 is 0 Å². The summed E-state index contributed by atoms with van der Waals surface area (Å²) in [6.45, 7) is 0. The molecule has 0 bridgehead atoms. The van der Waals surface area contributed by atoms with Crippen molar-refractivity contribution in [1.29, 1.82) is 0 Å². The zero-order valence-electron chi connectivity index (χ0n) is 11.2. The Morgan fingerprint density at radius 2 is 1.32 bits per heavy atom. The fraction of sp³-hybridized carbons (Fsp3) is 0.263. The summed E-state index contributed by atoms with van der Waals surface area (Å²) in [6, 6.07) is 18.0. The van der Waals surface area contributed by atoms with E-state index in [1.54, 1.807) is 5.57 Å². The number of rotatable bonds is 0. The lowest BCUT2D eigenvalue weighted by Crippen LogP contribution is -2.10. The summed E-state index contributed by atoms with van der Waals surface area (Å²) in [7, 11) is 0. The van der Waals surface area contributed by atoms with Gasteiger partial charge in [0.25, 0.3) is 0 Å². The van der Waals surface area contributed by atoms with Gasteiger partial charge in [-0.25, -0.2) is 0 Å². The normalized spacial score (nSPS) is 16.3. The monoisotopic (exact) mass is 246 g/mol. The second-order valence-corrected chi connectivity index (χ2v) is 5.66. The maximum absolute atomic E-state index is 2.34. The average Bonchev–Trinajstić information content (AvgIpc) is 2.49. The van der Waals surface area contributed by atoms with Crippen molar-refractivity contribution in [3.63, 3.8) is 0 Å². The molecule has 0 saturated heterocycles. The molecule has 0 N–H and O–H groups in total. The van der Waals surface area contributed by atoms with Crippen molar-refractivity contribution in [2.24, 2.45) is 0 Å². The summed E-state index contributed by atoms with van der Waals surface area (Å²) in [5, 5.41) is 7.14. The quantitative estimate of drug-likeness (QED) is 0.533. The first-order valence-corrected chi connectivity index (χ1v) is 7.36. The van der Waals surface area contributed by atoms with Crippen LogP contribution >= 0.6 is 0 Å². The van der Waals surface area contributed by atoms with E-state index in [0.717, 1.165) is 0 Å². The van der Waals surface area contributed by atoms with E-state index in [9.17, 15) is 0 Å². The van der Waals surface area contributed by atoms with Gasteiger partial charge in [0.05, 0.1) is 0 Å². The Bertz CT molecular complexity index is 764. The molecule has 19 heavy (non-hydrogen) atoms. The molecule has 1 aliphatic rings. The van der Waals surface area contributed by atoms with Gasteiger partial charge in [-0.15, -0.1) is 0 Å². The number of hydrogen-bond acceptors (Lipinski definition) is 0. The van der Waals surface area contributed by atoms with Gasteiger partial charge in [-0.05, 0) is 52.4 Å². The van der Waals surface area contributed by atoms with Crippen LogP contribution in [0.15, 0.2) is 48.5 Å². The third kappa shape index (κ3) is 1.74. The van der Waals surface area contributed by atoms with Gasteiger partial charge in [0.15, 0.2) is 0 Å². The molecule has 3 aromatic rings. The van der Waals surface area contributed by atoms with Crippen molar-refractivity contribution in [2.75, 3.05) is 0 Å². The van der Waals surface area contributed by atoms with E-state index in [1.165, 1.54) is 58.9 Å². The largest absolute Gasteiger partial charge is 0.0623 e. The van der Waals surface area contributed by atoms with Crippen molar-refractivity contribution in [3.8, 4) is 0 Å². The summed E-state index contributed by atoms with van der Waals surface area (Å²) in [4.78, 5) is 0. The van der Waals surface area contributed by atoms with E-state index < -0.39 is 0 Å². The molecule has 0 heterocycles. The van der Waals surface area contributed by atoms with Crippen molar-refractivity contribution in [2.45, 2.75) is 32.1 Å². The molecular weight excluding hydrogens is 228 g/mol. The van der Waals surface area contributed by atoms with Gasteiger partial charge in [-0.3, -0.25) is 0 Å². The van der Waals surface area contributed by atoms with Crippen LogP contribution in [0.4, 0.5) is 0 Å². The SMILES string of the molecule is c1cc2cccc3c(=C4CCCCC4)ccc(c1)c23. The van der Waals surface area contributed by atoms with Crippen LogP contribution in [0, 0.1) is 0 Å². The lowest BCUT2D eigenvalue weighted by molar-refractivity contribution is 0.644. The first kappa shape index (κ1) is 11.0. The molecule has 0 heteroatoms. The second-order valence-electron chi connectivity index (χ2n) is 5.66. The van der Waals surface area contributed by atoms with Crippen molar-refractivity contribution in [3.05, 3.63) is 53.7 Å². The first-order valence-electron chi connectivity index (χ1n) is 7.36. The molecule has 0 spiro atoms. The topological polar surface area (TPSA) is 0 Å². The van der Waals surface area contributed by atoms with Gasteiger partial charge >= 0.3 is 0 Å². The van der Waals surface area contributed by atoms with Crippen LogP contribution in [0.3, 0.4) is 0 Å². The lowest BCUT2D eigenvalue weighted by atomic mass is 9.90. The van der Waals surface area contributed by atoms with Crippen molar-refractivity contribution in [1.82, 2.24) is 0 Å². The molecule has 0 amide bonds. The molecule has 3 aromatic carbocycles. The lowest BCUT2D eigenvalue weighted by Gasteiger charge is -2.15. The van der Waals surface area contributed by atoms with Gasteiger partial charge in [-0.1, -0.05) is 60.5 Å². The molecule has 0 aliphatic heterocycles. The molecule has 0 radical (unpaired) electrons. The second kappa shape index (κ2) is 4.38. The zero-order valence-corrected chi connectivity index (χ0v) is 11.2. The summed E-state index contributed by atoms with van der Waals surface area (Å²) >= 11 is 0. The molecule has 4 rings (SSSR count). The van der Waals surface area contributed by atoms with E-state index in [1.807, 2.05) is 0 Å². The number of hydrogen-bond donors (Lipinski definition) is 0. The Hall–Kier alpha value is -1.82. The van der Waals surface area contributed by atoms with E-state index in [2.05, 4.69) is 48.5 Å². The predicted molar refractivity (Wildman–Crippen MR) is 83.2 cm³/mol. The van der Waals surface area contributed by atoms with E-state index in [0.29, 0.717) is 0 Å². The highest BCUT2D eigenvalue weighted by Gasteiger charge is 2.09. The molecule has 1 aliphatic carbocycles. The smallest absolute Gasteiger partial charge is 0.00329 e. The molecule has 94 valence electrons. The van der Waals surface area contributed by atoms with E-state index >= 15 is 0 Å². The molecule has 0 aromatic heterocycles. The minimum Gasteiger partial charge on any atom is -0.0623 e. The Labute approximate surface area is 113 Å². The summed E-state index contributed by atoms with van der Waals surface area (Å²) in [5.41, 5.74) is 1.67. The fourth-order valence-corrected chi connectivity index (χ4v) is 3.55.